The van der Waals surface area contributed by atoms with E-state index < -0.39 is 0 Å². The summed E-state index contributed by atoms with van der Waals surface area (Å²) in [4.78, 5) is 0. The van der Waals surface area contributed by atoms with Gasteiger partial charge in [-0.05, 0) is 43.8 Å². The van der Waals surface area contributed by atoms with Crippen molar-refractivity contribution in [1.29, 1.82) is 0 Å². The molecule has 140 valence electrons. The van der Waals surface area contributed by atoms with Crippen molar-refractivity contribution >= 4 is 46.7 Å². The molecule has 0 aliphatic rings. The van der Waals surface area contributed by atoms with Gasteiger partial charge in [0.05, 0.1) is 30.6 Å². The molecule has 9 heteroatoms. The molecule has 0 fully saturated rings. The Balaban J connectivity index is 2.00. The number of rotatable bonds is 7. The fourth-order valence-corrected chi connectivity index (χ4v) is 2.95. The van der Waals surface area contributed by atoms with E-state index >= 15 is 0 Å². The standard InChI is InChI=1S/C17H21Cl2N5OS/c1-11(10-25-3)21-17(26)22-20-8-15-12(2)23-24(16(15)19)9-13-4-6-14(18)7-5-13/h4-8,11H,9-10H2,1-3H3,(H2,21,22,26)/b20-8-/t11-/m0/s1. The highest BCUT2D eigenvalue weighted by atomic mass is 35.5. The number of nitrogens with one attached hydrogen (secondary N) is 2. The van der Waals surface area contributed by atoms with Crippen LogP contribution in [0.4, 0.5) is 0 Å². The molecule has 2 N–H and O–H groups in total. The van der Waals surface area contributed by atoms with Gasteiger partial charge < -0.3 is 10.1 Å². The van der Waals surface area contributed by atoms with Crippen LogP contribution in [-0.4, -0.2) is 40.9 Å². The van der Waals surface area contributed by atoms with Crippen molar-refractivity contribution in [3.05, 3.63) is 51.3 Å². The fraction of sp³-hybridized carbons (Fsp3) is 0.353. The SMILES string of the molecule is COC[C@H](C)NC(=S)N/N=C\c1c(C)nn(Cc2ccc(Cl)cc2)c1Cl. The Morgan fingerprint density at radius 3 is 2.73 bits per heavy atom. The Hall–Kier alpha value is -1.67. The number of aryl methyl sites for hydroxylation is 1. The quantitative estimate of drug-likeness (QED) is 0.413. The summed E-state index contributed by atoms with van der Waals surface area (Å²) in [6.07, 6.45) is 1.61. The van der Waals surface area contributed by atoms with Crippen LogP contribution >= 0.6 is 35.4 Å². The van der Waals surface area contributed by atoms with E-state index in [1.165, 1.54) is 0 Å². The zero-order valence-electron chi connectivity index (χ0n) is 14.8. The third-order valence-electron chi connectivity index (χ3n) is 3.51. The zero-order chi connectivity index (χ0) is 19.1. The van der Waals surface area contributed by atoms with E-state index in [1.54, 1.807) is 18.0 Å². The van der Waals surface area contributed by atoms with E-state index in [4.69, 9.17) is 40.2 Å². The number of aromatic nitrogens is 2. The number of nitrogens with zero attached hydrogens (tertiary/aromatic N) is 3. The first-order chi connectivity index (χ1) is 12.4. The predicted molar refractivity (Wildman–Crippen MR) is 110 cm³/mol. The zero-order valence-corrected chi connectivity index (χ0v) is 17.1. The van der Waals surface area contributed by atoms with Crippen LogP contribution in [0.3, 0.4) is 0 Å². The van der Waals surface area contributed by atoms with Gasteiger partial charge >= 0.3 is 0 Å². The lowest BCUT2D eigenvalue weighted by atomic mass is 10.2. The van der Waals surface area contributed by atoms with Gasteiger partial charge in [0.25, 0.3) is 0 Å². The number of hydrogen-bond acceptors (Lipinski definition) is 4. The molecule has 0 radical (unpaired) electrons. The minimum absolute atomic E-state index is 0.0858. The number of methoxy groups -OCH3 is 1. The fourth-order valence-electron chi connectivity index (χ4n) is 2.28. The van der Waals surface area contributed by atoms with E-state index in [2.05, 4.69) is 20.9 Å². The minimum atomic E-state index is 0.0858. The maximum Gasteiger partial charge on any atom is 0.187 e. The van der Waals surface area contributed by atoms with Gasteiger partial charge in [-0.3, -0.25) is 5.43 Å². The third-order valence-corrected chi connectivity index (χ3v) is 4.37. The summed E-state index contributed by atoms with van der Waals surface area (Å²) >= 11 is 17.5. The number of hydrazone groups is 1. The summed E-state index contributed by atoms with van der Waals surface area (Å²) in [7, 11) is 1.64. The molecule has 2 rings (SSSR count). The Bertz CT molecular complexity index is 776. The van der Waals surface area contributed by atoms with Gasteiger partial charge in [0.2, 0.25) is 0 Å². The van der Waals surface area contributed by atoms with Gasteiger partial charge in [-0.15, -0.1) is 0 Å². The van der Waals surface area contributed by atoms with Crippen LogP contribution < -0.4 is 10.7 Å². The first kappa shape index (κ1) is 20.6. The minimum Gasteiger partial charge on any atom is -0.383 e. The molecule has 1 heterocycles. The van der Waals surface area contributed by atoms with Crippen molar-refractivity contribution in [2.75, 3.05) is 13.7 Å². The van der Waals surface area contributed by atoms with Gasteiger partial charge in [-0.1, -0.05) is 35.3 Å². The second-order valence-corrected chi connectivity index (χ2v) is 6.98. The second-order valence-electron chi connectivity index (χ2n) is 5.77. The molecule has 0 aliphatic heterocycles. The lowest BCUT2D eigenvalue weighted by Gasteiger charge is -2.13. The van der Waals surface area contributed by atoms with Gasteiger partial charge in [0.1, 0.15) is 5.15 Å². The number of hydrogen-bond donors (Lipinski definition) is 2. The first-order valence-electron chi connectivity index (χ1n) is 7.96. The third kappa shape index (κ3) is 5.95. The second kappa shape index (κ2) is 9.87. The average Bonchev–Trinajstić information content (AvgIpc) is 2.84. The molecule has 0 amide bonds. The molecular weight excluding hydrogens is 393 g/mol. The summed E-state index contributed by atoms with van der Waals surface area (Å²) in [6.45, 7) is 4.94. The number of halogens is 2. The molecular formula is C17H21Cl2N5OS. The molecule has 26 heavy (non-hydrogen) atoms. The maximum absolute atomic E-state index is 6.44. The highest BCUT2D eigenvalue weighted by Gasteiger charge is 2.12. The topological polar surface area (TPSA) is 63.5 Å². The average molecular weight is 414 g/mol. The van der Waals surface area contributed by atoms with Crippen LogP contribution in [-0.2, 0) is 11.3 Å². The molecule has 0 saturated heterocycles. The molecule has 0 saturated carbocycles. The van der Waals surface area contributed by atoms with E-state index in [0.29, 0.717) is 28.4 Å². The molecule has 1 aromatic carbocycles. The van der Waals surface area contributed by atoms with Crippen molar-refractivity contribution in [3.63, 3.8) is 0 Å². The van der Waals surface area contributed by atoms with Crippen molar-refractivity contribution in [2.45, 2.75) is 26.4 Å². The normalized spacial score (nSPS) is 12.3. The van der Waals surface area contributed by atoms with Crippen molar-refractivity contribution in [1.82, 2.24) is 20.5 Å². The van der Waals surface area contributed by atoms with Crippen LogP contribution in [0, 0.1) is 6.92 Å². The largest absolute Gasteiger partial charge is 0.383 e. The van der Waals surface area contributed by atoms with Crippen molar-refractivity contribution in [3.8, 4) is 0 Å². The molecule has 1 aromatic heterocycles. The Morgan fingerprint density at radius 2 is 2.08 bits per heavy atom. The summed E-state index contributed by atoms with van der Waals surface area (Å²) in [5, 5.41) is 13.3. The van der Waals surface area contributed by atoms with Crippen LogP contribution in [0.15, 0.2) is 29.4 Å². The summed E-state index contributed by atoms with van der Waals surface area (Å²) in [5.74, 6) is 0. The summed E-state index contributed by atoms with van der Waals surface area (Å²) < 4.78 is 6.76. The van der Waals surface area contributed by atoms with Crippen LogP contribution in [0.25, 0.3) is 0 Å². The Labute approximate surface area is 168 Å². The van der Waals surface area contributed by atoms with E-state index in [9.17, 15) is 0 Å². The first-order valence-corrected chi connectivity index (χ1v) is 9.13. The lowest BCUT2D eigenvalue weighted by Crippen LogP contribution is -2.40. The number of ether oxygens (including phenoxy) is 1. The monoisotopic (exact) mass is 413 g/mol. The van der Waals surface area contributed by atoms with E-state index in [1.807, 2.05) is 38.1 Å². The highest BCUT2D eigenvalue weighted by Crippen LogP contribution is 2.19. The van der Waals surface area contributed by atoms with Gasteiger partial charge in [-0.2, -0.15) is 10.2 Å². The van der Waals surface area contributed by atoms with Crippen molar-refractivity contribution < 1.29 is 4.74 Å². The predicted octanol–water partition coefficient (Wildman–Crippen LogP) is 3.38. The van der Waals surface area contributed by atoms with Gasteiger partial charge in [0.15, 0.2) is 5.11 Å². The van der Waals surface area contributed by atoms with E-state index in [0.717, 1.165) is 16.8 Å². The van der Waals surface area contributed by atoms with Crippen LogP contribution in [0.2, 0.25) is 10.2 Å². The van der Waals surface area contributed by atoms with E-state index in [-0.39, 0.29) is 6.04 Å². The highest BCUT2D eigenvalue weighted by molar-refractivity contribution is 7.80. The van der Waals surface area contributed by atoms with Gasteiger partial charge in [0, 0.05) is 18.2 Å². The summed E-state index contributed by atoms with van der Waals surface area (Å²) in [6, 6.07) is 7.65. The molecule has 0 spiro atoms. The molecule has 0 bridgehead atoms. The molecule has 0 unspecified atom stereocenters. The Morgan fingerprint density at radius 1 is 1.38 bits per heavy atom. The van der Waals surface area contributed by atoms with Crippen LogP contribution in [0.1, 0.15) is 23.7 Å². The smallest absolute Gasteiger partial charge is 0.187 e. The van der Waals surface area contributed by atoms with Crippen LogP contribution in [0.5, 0.6) is 0 Å². The lowest BCUT2D eigenvalue weighted by molar-refractivity contribution is 0.179. The maximum atomic E-state index is 6.44. The van der Waals surface area contributed by atoms with Gasteiger partial charge in [-0.25, -0.2) is 4.68 Å². The molecule has 6 nitrogen and oxygen atoms in total. The molecule has 1 atom stereocenters. The molecule has 2 aromatic rings. The number of thiocarbonyl (C=S) groups is 1. The molecule has 0 aliphatic carbocycles. The van der Waals surface area contributed by atoms with Crippen molar-refractivity contribution in [2.24, 2.45) is 5.10 Å². The Kier molecular flexibility index (Phi) is 7.84. The number of benzene rings is 1. The summed E-state index contributed by atoms with van der Waals surface area (Å²) in [5.41, 5.74) is 5.33.